The van der Waals surface area contributed by atoms with Gasteiger partial charge in [0, 0.05) is 49.6 Å². The molecule has 2 aromatic rings. The molecule has 7 heteroatoms. The van der Waals surface area contributed by atoms with Crippen molar-refractivity contribution in [1.29, 1.82) is 0 Å². The Morgan fingerprint density at radius 3 is 2.82 bits per heavy atom. The first-order valence-electron chi connectivity index (χ1n) is 9.86. The summed E-state index contributed by atoms with van der Waals surface area (Å²) >= 11 is 6.46. The molecule has 1 saturated carbocycles. The average Bonchev–Trinajstić information content (AvgIpc) is 3.56. The van der Waals surface area contributed by atoms with E-state index in [2.05, 4.69) is 9.88 Å². The van der Waals surface area contributed by atoms with Crippen LogP contribution >= 0.6 is 11.6 Å². The lowest BCUT2D eigenvalue weighted by Gasteiger charge is -2.30. The summed E-state index contributed by atoms with van der Waals surface area (Å²) in [7, 11) is 1.65. The van der Waals surface area contributed by atoms with Crippen molar-refractivity contribution in [3.05, 3.63) is 35.0 Å². The van der Waals surface area contributed by atoms with Gasteiger partial charge in [-0.15, -0.1) is 0 Å². The molecule has 2 heterocycles. The van der Waals surface area contributed by atoms with Gasteiger partial charge >= 0.3 is 0 Å². The zero-order chi connectivity index (χ0) is 19.5. The zero-order valence-corrected chi connectivity index (χ0v) is 17.0. The number of benzene rings is 1. The van der Waals surface area contributed by atoms with Crippen LogP contribution in [0.4, 0.5) is 0 Å². The maximum absolute atomic E-state index is 12.9. The second-order valence-corrected chi connectivity index (χ2v) is 7.84. The molecule has 6 nitrogen and oxygen atoms in total. The summed E-state index contributed by atoms with van der Waals surface area (Å²) in [6, 6.07) is 7.74. The van der Waals surface area contributed by atoms with Crippen LogP contribution in [-0.4, -0.2) is 67.2 Å². The Hall–Kier alpha value is -1.89. The molecule has 28 heavy (non-hydrogen) atoms. The fraction of sp³-hybridized carbons (Fsp3) is 0.524. The Labute approximate surface area is 170 Å². The van der Waals surface area contributed by atoms with Gasteiger partial charge in [-0.05, 0) is 37.1 Å². The molecule has 1 aromatic carbocycles. The van der Waals surface area contributed by atoms with Crippen LogP contribution in [0.1, 0.15) is 18.4 Å². The van der Waals surface area contributed by atoms with Crippen LogP contribution in [0.25, 0.3) is 10.9 Å². The normalized spacial score (nSPS) is 17.6. The van der Waals surface area contributed by atoms with Gasteiger partial charge in [0.1, 0.15) is 10.9 Å². The highest BCUT2D eigenvalue weighted by atomic mass is 35.5. The molecule has 2 fully saturated rings. The average molecular weight is 404 g/mol. The topological polar surface area (TPSA) is 54.9 Å². The summed E-state index contributed by atoms with van der Waals surface area (Å²) in [6.45, 7) is 5.40. The number of fused-ring (bicyclic) bond motifs is 1. The van der Waals surface area contributed by atoms with Gasteiger partial charge in [0.25, 0.3) is 0 Å². The fourth-order valence-corrected chi connectivity index (χ4v) is 3.77. The molecule has 0 unspecified atom stereocenters. The minimum atomic E-state index is 0.178. The number of aromatic nitrogens is 1. The van der Waals surface area contributed by atoms with Crippen molar-refractivity contribution in [3.8, 4) is 5.75 Å². The lowest BCUT2D eigenvalue weighted by atomic mass is 10.1. The van der Waals surface area contributed by atoms with E-state index >= 15 is 0 Å². The lowest BCUT2D eigenvalue weighted by Crippen LogP contribution is -2.43. The van der Waals surface area contributed by atoms with Crippen molar-refractivity contribution < 1.29 is 14.3 Å². The highest BCUT2D eigenvalue weighted by molar-refractivity contribution is 6.30. The van der Waals surface area contributed by atoms with Gasteiger partial charge in [0.15, 0.2) is 0 Å². The number of morpholine rings is 1. The summed E-state index contributed by atoms with van der Waals surface area (Å²) in [4.78, 5) is 21.7. The maximum Gasteiger partial charge on any atom is 0.226 e. The van der Waals surface area contributed by atoms with E-state index in [1.54, 1.807) is 7.11 Å². The predicted molar refractivity (Wildman–Crippen MR) is 109 cm³/mol. The fourth-order valence-electron chi connectivity index (χ4n) is 3.56. The summed E-state index contributed by atoms with van der Waals surface area (Å²) in [5.74, 6) is 1.19. The largest absolute Gasteiger partial charge is 0.497 e. The first-order valence-corrected chi connectivity index (χ1v) is 10.2. The molecular weight excluding hydrogens is 378 g/mol. The number of carbonyl (C=O) groups excluding carboxylic acids is 1. The van der Waals surface area contributed by atoms with E-state index in [1.165, 1.54) is 0 Å². The number of amides is 1. The number of ether oxygens (including phenoxy) is 2. The third kappa shape index (κ3) is 4.57. The zero-order valence-electron chi connectivity index (χ0n) is 16.2. The van der Waals surface area contributed by atoms with Crippen LogP contribution in [0.15, 0.2) is 24.3 Å². The Bertz CT molecular complexity index is 850. The minimum Gasteiger partial charge on any atom is -0.497 e. The predicted octanol–water partition coefficient (Wildman–Crippen LogP) is 2.97. The third-order valence-corrected chi connectivity index (χ3v) is 5.76. The molecule has 1 aromatic heterocycles. The number of halogens is 1. The van der Waals surface area contributed by atoms with Crippen LogP contribution in [0.3, 0.4) is 0 Å². The van der Waals surface area contributed by atoms with Gasteiger partial charge in [-0.3, -0.25) is 9.69 Å². The van der Waals surface area contributed by atoms with E-state index in [0.29, 0.717) is 18.2 Å². The lowest BCUT2D eigenvalue weighted by molar-refractivity contribution is -0.133. The highest BCUT2D eigenvalue weighted by Crippen LogP contribution is 2.32. The van der Waals surface area contributed by atoms with Crippen LogP contribution in [0.2, 0.25) is 5.15 Å². The smallest absolute Gasteiger partial charge is 0.226 e. The molecule has 0 spiro atoms. The van der Waals surface area contributed by atoms with Crippen molar-refractivity contribution in [2.75, 3.05) is 46.5 Å². The van der Waals surface area contributed by atoms with Crippen molar-refractivity contribution in [1.82, 2.24) is 14.8 Å². The molecule has 0 bridgehead atoms. The molecule has 0 atom stereocenters. The van der Waals surface area contributed by atoms with E-state index in [4.69, 9.17) is 21.1 Å². The molecule has 0 radical (unpaired) electrons. The molecule has 0 N–H and O–H groups in total. The Morgan fingerprint density at radius 1 is 1.32 bits per heavy atom. The van der Waals surface area contributed by atoms with Crippen molar-refractivity contribution in [2.24, 2.45) is 5.92 Å². The van der Waals surface area contributed by atoms with Crippen molar-refractivity contribution >= 4 is 28.4 Å². The van der Waals surface area contributed by atoms with Gasteiger partial charge in [0.2, 0.25) is 5.91 Å². The molecule has 1 amide bonds. The number of pyridine rings is 1. The van der Waals surface area contributed by atoms with Crippen molar-refractivity contribution in [3.63, 3.8) is 0 Å². The Balaban J connectivity index is 1.52. The molecule has 2 aliphatic rings. The van der Waals surface area contributed by atoms with E-state index in [1.807, 2.05) is 29.2 Å². The van der Waals surface area contributed by atoms with Gasteiger partial charge in [0.05, 0.1) is 25.8 Å². The summed E-state index contributed by atoms with van der Waals surface area (Å²) < 4.78 is 10.7. The number of rotatable bonds is 7. The highest BCUT2D eigenvalue weighted by Gasteiger charge is 2.33. The summed E-state index contributed by atoms with van der Waals surface area (Å²) in [5, 5.41) is 1.42. The quantitative estimate of drug-likeness (QED) is 0.665. The first-order chi connectivity index (χ1) is 13.6. The molecule has 1 aliphatic carbocycles. The Kier molecular flexibility index (Phi) is 5.99. The second kappa shape index (κ2) is 8.64. The van der Waals surface area contributed by atoms with Gasteiger partial charge in [-0.2, -0.15) is 0 Å². The summed E-state index contributed by atoms with van der Waals surface area (Å²) in [5.41, 5.74) is 1.70. The van der Waals surface area contributed by atoms with E-state index in [9.17, 15) is 4.79 Å². The van der Waals surface area contributed by atoms with Crippen LogP contribution < -0.4 is 4.74 Å². The van der Waals surface area contributed by atoms with Crippen LogP contribution in [0.5, 0.6) is 5.75 Å². The van der Waals surface area contributed by atoms with E-state index in [0.717, 1.165) is 67.9 Å². The van der Waals surface area contributed by atoms with E-state index < -0.39 is 0 Å². The Morgan fingerprint density at radius 2 is 2.11 bits per heavy atom. The molecule has 150 valence electrons. The number of nitrogens with zero attached hydrogens (tertiary/aromatic N) is 3. The van der Waals surface area contributed by atoms with Crippen LogP contribution in [0, 0.1) is 5.92 Å². The van der Waals surface area contributed by atoms with Crippen molar-refractivity contribution in [2.45, 2.75) is 19.4 Å². The number of hydrogen-bond donors (Lipinski definition) is 0. The standard InChI is InChI=1S/C21H26ClN3O3/c1-27-18-4-5-19-16(13-18)12-17(20(22)23-19)14-25(21(26)15-2-3-15)7-6-24-8-10-28-11-9-24/h4-5,12-13,15H,2-3,6-11,14H2,1H3. The summed E-state index contributed by atoms with van der Waals surface area (Å²) in [6.07, 6.45) is 1.99. The number of hydrogen-bond acceptors (Lipinski definition) is 5. The first kappa shape index (κ1) is 19.4. The second-order valence-electron chi connectivity index (χ2n) is 7.49. The van der Waals surface area contributed by atoms with Crippen LogP contribution in [-0.2, 0) is 16.1 Å². The maximum atomic E-state index is 12.9. The minimum absolute atomic E-state index is 0.178. The molecule has 4 rings (SSSR count). The molecule has 1 saturated heterocycles. The monoisotopic (exact) mass is 403 g/mol. The number of methoxy groups -OCH3 is 1. The molecular formula is C21H26ClN3O3. The van der Waals surface area contributed by atoms with Gasteiger partial charge < -0.3 is 14.4 Å². The molecule has 1 aliphatic heterocycles. The van der Waals surface area contributed by atoms with E-state index in [-0.39, 0.29) is 11.8 Å². The SMILES string of the molecule is COc1ccc2nc(Cl)c(CN(CCN3CCOCC3)C(=O)C3CC3)cc2c1. The third-order valence-electron chi connectivity index (χ3n) is 5.44. The van der Waals surface area contributed by atoms with Gasteiger partial charge in [-0.1, -0.05) is 11.6 Å². The van der Waals surface area contributed by atoms with Gasteiger partial charge in [-0.25, -0.2) is 4.98 Å². The number of carbonyl (C=O) groups is 1.